The second-order valence-corrected chi connectivity index (χ2v) is 6.50. The Hall–Kier alpha value is -2.90. The van der Waals surface area contributed by atoms with Gasteiger partial charge < -0.3 is 22.1 Å². The van der Waals surface area contributed by atoms with Crippen molar-refractivity contribution in [2.75, 3.05) is 29.5 Å². The Kier molecular flexibility index (Phi) is 4.43. The number of rotatable bonds is 3. The lowest BCUT2D eigenvalue weighted by atomic mass is 10.00. The number of amidine groups is 1. The molecule has 1 aromatic carbocycles. The van der Waals surface area contributed by atoms with Crippen molar-refractivity contribution in [1.29, 1.82) is 5.41 Å². The molecular formula is C17H22FN7. The number of piperidine rings is 1. The molecule has 0 aliphatic carbocycles. The first-order chi connectivity index (χ1) is 11.8. The number of aromatic nitrogens is 2. The third-order valence-electron chi connectivity index (χ3n) is 4.40. The molecule has 0 saturated carbocycles. The minimum absolute atomic E-state index is 0.0906. The molecule has 0 amide bonds. The first-order valence-electron chi connectivity index (χ1n) is 8.18. The van der Waals surface area contributed by atoms with Crippen LogP contribution in [0, 0.1) is 17.1 Å². The fourth-order valence-electron chi connectivity index (χ4n) is 3.22. The van der Waals surface area contributed by atoms with E-state index in [2.05, 4.69) is 21.8 Å². The van der Waals surface area contributed by atoms with Gasteiger partial charge in [-0.05, 0) is 30.9 Å². The lowest BCUT2D eigenvalue weighted by Gasteiger charge is -2.32. The van der Waals surface area contributed by atoms with E-state index >= 15 is 0 Å². The highest BCUT2D eigenvalue weighted by molar-refractivity contribution is 6.00. The third kappa shape index (κ3) is 3.47. The molecule has 2 heterocycles. The zero-order valence-corrected chi connectivity index (χ0v) is 14.1. The van der Waals surface area contributed by atoms with E-state index in [1.807, 2.05) is 0 Å². The normalized spacial score (nSPS) is 17.5. The summed E-state index contributed by atoms with van der Waals surface area (Å²) in [6, 6.07) is 4.59. The monoisotopic (exact) mass is 343 g/mol. The van der Waals surface area contributed by atoms with Gasteiger partial charge in [-0.15, -0.1) is 0 Å². The van der Waals surface area contributed by atoms with E-state index < -0.39 is 11.7 Å². The van der Waals surface area contributed by atoms with Crippen LogP contribution in [0.15, 0.2) is 18.2 Å². The molecule has 1 aliphatic rings. The Morgan fingerprint density at radius 3 is 2.68 bits per heavy atom. The number of halogens is 1. The van der Waals surface area contributed by atoms with E-state index in [9.17, 15) is 4.39 Å². The number of anilines is 3. The maximum Gasteiger partial charge on any atom is 0.222 e. The van der Waals surface area contributed by atoms with E-state index in [0.717, 1.165) is 25.3 Å². The molecule has 132 valence electrons. The van der Waals surface area contributed by atoms with Gasteiger partial charge in [-0.25, -0.2) is 9.37 Å². The van der Waals surface area contributed by atoms with Crippen LogP contribution in [0.5, 0.6) is 0 Å². The predicted molar refractivity (Wildman–Crippen MR) is 97.9 cm³/mol. The fourth-order valence-corrected chi connectivity index (χ4v) is 3.22. The van der Waals surface area contributed by atoms with Gasteiger partial charge in [0.15, 0.2) is 0 Å². The lowest BCUT2D eigenvalue weighted by molar-refractivity contribution is 0.444. The summed E-state index contributed by atoms with van der Waals surface area (Å²) in [4.78, 5) is 10.7. The lowest BCUT2D eigenvalue weighted by Crippen LogP contribution is -2.35. The van der Waals surface area contributed by atoms with Gasteiger partial charge in [0.25, 0.3) is 0 Å². The maximum atomic E-state index is 14.3. The van der Waals surface area contributed by atoms with Crippen molar-refractivity contribution >= 4 is 23.3 Å². The Balaban J connectivity index is 2.02. The van der Waals surface area contributed by atoms with Crippen LogP contribution < -0.4 is 22.1 Å². The van der Waals surface area contributed by atoms with E-state index in [1.165, 1.54) is 12.5 Å². The Morgan fingerprint density at radius 2 is 2.04 bits per heavy atom. The highest BCUT2D eigenvalue weighted by Gasteiger charge is 2.20. The van der Waals surface area contributed by atoms with E-state index in [4.69, 9.17) is 22.6 Å². The molecule has 8 heteroatoms. The molecular weight excluding hydrogens is 321 g/mol. The number of nitrogens with two attached hydrogens (primary N) is 3. The van der Waals surface area contributed by atoms with Gasteiger partial charge in [0.2, 0.25) is 5.95 Å². The Morgan fingerprint density at radius 1 is 1.28 bits per heavy atom. The summed E-state index contributed by atoms with van der Waals surface area (Å²) in [6.45, 7) is 4.00. The van der Waals surface area contributed by atoms with Gasteiger partial charge in [-0.2, -0.15) is 4.98 Å². The quantitative estimate of drug-likeness (QED) is 0.383. The Labute approximate surface area is 145 Å². The van der Waals surface area contributed by atoms with Crippen LogP contribution in [0.2, 0.25) is 0 Å². The first kappa shape index (κ1) is 16.9. The van der Waals surface area contributed by atoms with Crippen molar-refractivity contribution in [3.8, 4) is 11.3 Å². The largest absolute Gasteiger partial charge is 0.398 e. The number of nitrogens with one attached hydrogen (secondary N) is 1. The molecule has 0 spiro atoms. The molecule has 3 rings (SSSR count). The van der Waals surface area contributed by atoms with Crippen LogP contribution in [-0.4, -0.2) is 28.9 Å². The van der Waals surface area contributed by atoms with Gasteiger partial charge in [0.1, 0.15) is 17.5 Å². The van der Waals surface area contributed by atoms with Crippen molar-refractivity contribution < 1.29 is 4.39 Å². The Bertz CT molecular complexity index is 798. The first-order valence-corrected chi connectivity index (χ1v) is 8.18. The van der Waals surface area contributed by atoms with Crippen LogP contribution in [-0.2, 0) is 0 Å². The summed E-state index contributed by atoms with van der Waals surface area (Å²) >= 11 is 0. The molecule has 1 aliphatic heterocycles. The summed E-state index contributed by atoms with van der Waals surface area (Å²) in [5, 5.41) is 7.42. The summed E-state index contributed by atoms with van der Waals surface area (Å²) < 4.78 is 14.3. The van der Waals surface area contributed by atoms with Gasteiger partial charge in [-0.3, -0.25) is 5.41 Å². The van der Waals surface area contributed by atoms with Crippen LogP contribution in [0.3, 0.4) is 0 Å². The van der Waals surface area contributed by atoms with Crippen LogP contribution >= 0.6 is 0 Å². The number of nitrogens with zero attached hydrogens (tertiary/aromatic N) is 3. The summed E-state index contributed by atoms with van der Waals surface area (Å²) in [6.07, 6.45) is 2.29. The topological polar surface area (TPSA) is 131 Å². The van der Waals surface area contributed by atoms with E-state index in [1.54, 1.807) is 12.1 Å². The predicted octanol–water partition coefficient (Wildman–Crippen LogP) is 1.97. The second-order valence-electron chi connectivity index (χ2n) is 6.50. The standard InChI is InChI=1S/C17H22FN7/c1-9-3-2-4-25(8-9)14-7-13(23-17(22)24-14)10-5-11(18)15(16(20)21)12(19)6-10/h5-7,9H,2-4,8,19H2,1H3,(H3,20,21)(H2,22,23,24). The van der Waals surface area contributed by atoms with Crippen LogP contribution in [0.25, 0.3) is 11.3 Å². The summed E-state index contributed by atoms with van der Waals surface area (Å²) in [5.41, 5.74) is 18.0. The molecule has 1 atom stereocenters. The van der Waals surface area contributed by atoms with Gasteiger partial charge in [0.05, 0.1) is 11.3 Å². The number of hydrogen-bond donors (Lipinski definition) is 4. The van der Waals surface area contributed by atoms with Crippen molar-refractivity contribution in [3.63, 3.8) is 0 Å². The highest BCUT2D eigenvalue weighted by atomic mass is 19.1. The molecule has 25 heavy (non-hydrogen) atoms. The molecule has 7 N–H and O–H groups in total. The van der Waals surface area contributed by atoms with E-state index in [0.29, 0.717) is 17.2 Å². The zero-order chi connectivity index (χ0) is 18.1. The molecule has 0 radical (unpaired) electrons. The number of benzene rings is 1. The van der Waals surface area contributed by atoms with Crippen molar-refractivity contribution in [3.05, 3.63) is 29.6 Å². The molecule has 1 saturated heterocycles. The SMILES string of the molecule is CC1CCCN(c2cc(-c3cc(N)c(C(=N)N)c(F)c3)nc(N)n2)C1. The van der Waals surface area contributed by atoms with Gasteiger partial charge in [-0.1, -0.05) is 6.92 Å². The third-order valence-corrected chi connectivity index (χ3v) is 4.40. The van der Waals surface area contributed by atoms with Crippen molar-refractivity contribution in [2.24, 2.45) is 11.7 Å². The smallest absolute Gasteiger partial charge is 0.222 e. The van der Waals surface area contributed by atoms with Crippen LogP contribution in [0.1, 0.15) is 25.3 Å². The van der Waals surface area contributed by atoms with E-state index in [-0.39, 0.29) is 17.2 Å². The molecule has 1 unspecified atom stereocenters. The maximum absolute atomic E-state index is 14.3. The second kappa shape index (κ2) is 6.54. The van der Waals surface area contributed by atoms with Crippen molar-refractivity contribution in [1.82, 2.24) is 9.97 Å². The average Bonchev–Trinajstić information content (AvgIpc) is 2.53. The minimum atomic E-state index is -0.659. The highest BCUT2D eigenvalue weighted by Crippen LogP contribution is 2.29. The molecule has 0 bridgehead atoms. The molecule has 1 aromatic heterocycles. The minimum Gasteiger partial charge on any atom is -0.398 e. The summed E-state index contributed by atoms with van der Waals surface area (Å²) in [7, 11) is 0. The zero-order valence-electron chi connectivity index (χ0n) is 14.1. The number of hydrogen-bond acceptors (Lipinski definition) is 6. The molecule has 7 nitrogen and oxygen atoms in total. The van der Waals surface area contributed by atoms with Gasteiger partial charge in [0, 0.05) is 30.4 Å². The van der Waals surface area contributed by atoms with Gasteiger partial charge >= 0.3 is 0 Å². The summed E-state index contributed by atoms with van der Waals surface area (Å²) in [5.74, 6) is 0.361. The molecule has 2 aromatic rings. The fraction of sp³-hybridized carbons (Fsp3) is 0.353. The van der Waals surface area contributed by atoms with Crippen molar-refractivity contribution in [2.45, 2.75) is 19.8 Å². The average molecular weight is 343 g/mol. The number of nitrogen functional groups attached to an aromatic ring is 3. The van der Waals surface area contributed by atoms with Crippen LogP contribution in [0.4, 0.5) is 21.8 Å². The molecule has 1 fully saturated rings.